The first-order valence-corrected chi connectivity index (χ1v) is 9.00. The molecule has 1 saturated carbocycles. The number of rotatable bonds is 3. The van der Waals surface area contributed by atoms with E-state index in [4.69, 9.17) is 0 Å². The summed E-state index contributed by atoms with van der Waals surface area (Å²) in [4.78, 5) is 2.61. The zero-order valence-corrected chi connectivity index (χ0v) is 13.6. The quantitative estimate of drug-likeness (QED) is 0.914. The number of likely N-dealkylation sites (tertiary alicyclic amines) is 1. The molecular formula is C19H29FN2. The second-order valence-electron chi connectivity index (χ2n) is 7.05. The van der Waals surface area contributed by atoms with Gasteiger partial charge in [-0.05, 0) is 75.0 Å². The summed E-state index contributed by atoms with van der Waals surface area (Å²) in [5.41, 5.74) is 1.31. The molecule has 0 bridgehead atoms. The summed E-state index contributed by atoms with van der Waals surface area (Å²) in [6.45, 7) is 6.02. The normalized spacial score (nSPS) is 25.6. The molecule has 3 fully saturated rings. The Bertz CT molecular complexity index is 426. The first kappa shape index (κ1) is 15.9. The highest BCUT2D eigenvalue weighted by molar-refractivity contribution is 5.21. The predicted molar refractivity (Wildman–Crippen MR) is 89.6 cm³/mol. The smallest absolute Gasteiger partial charge is 0.123 e. The first-order valence-electron chi connectivity index (χ1n) is 9.00. The molecule has 3 heteroatoms. The van der Waals surface area contributed by atoms with Gasteiger partial charge in [-0.2, -0.15) is 0 Å². The van der Waals surface area contributed by atoms with Crippen LogP contribution in [0.2, 0.25) is 0 Å². The molecule has 0 spiro atoms. The minimum Gasteiger partial charge on any atom is -0.316 e. The molecule has 122 valence electrons. The zero-order valence-electron chi connectivity index (χ0n) is 13.6. The van der Waals surface area contributed by atoms with Crippen LogP contribution in [-0.4, -0.2) is 37.6 Å². The van der Waals surface area contributed by atoms with Gasteiger partial charge in [0.25, 0.3) is 0 Å². The molecule has 0 amide bonds. The fraction of sp³-hybridized carbons (Fsp3) is 0.684. The summed E-state index contributed by atoms with van der Waals surface area (Å²) in [6.07, 6.45) is 8.26. The molecule has 0 aromatic heterocycles. The Morgan fingerprint density at radius 1 is 1.00 bits per heavy atom. The van der Waals surface area contributed by atoms with E-state index in [-0.39, 0.29) is 5.82 Å². The van der Waals surface area contributed by atoms with Crippen LogP contribution >= 0.6 is 0 Å². The molecule has 2 nitrogen and oxygen atoms in total. The van der Waals surface area contributed by atoms with Gasteiger partial charge in [-0.3, -0.25) is 0 Å². The van der Waals surface area contributed by atoms with Gasteiger partial charge in [-0.25, -0.2) is 4.39 Å². The van der Waals surface area contributed by atoms with Crippen LogP contribution in [0.5, 0.6) is 0 Å². The maximum Gasteiger partial charge on any atom is 0.123 e. The summed E-state index contributed by atoms with van der Waals surface area (Å²) < 4.78 is 12.9. The first-order chi connectivity index (χ1) is 10.8. The summed E-state index contributed by atoms with van der Waals surface area (Å²) in [5, 5.41) is 3.44. The number of hydrogen-bond acceptors (Lipinski definition) is 2. The van der Waals surface area contributed by atoms with Crippen molar-refractivity contribution in [1.82, 2.24) is 10.2 Å². The third-order valence-electron chi connectivity index (χ3n) is 4.96. The van der Waals surface area contributed by atoms with E-state index in [0.29, 0.717) is 5.92 Å². The van der Waals surface area contributed by atoms with Crippen LogP contribution in [0.25, 0.3) is 0 Å². The average molecular weight is 304 g/mol. The van der Waals surface area contributed by atoms with Crippen molar-refractivity contribution < 1.29 is 4.39 Å². The SMILES string of the molecule is C1CC1.Fc1ccc(C2CCN(CC3CCNC3)CC2)cc1. The third-order valence-corrected chi connectivity index (χ3v) is 4.96. The number of hydrogen-bond donors (Lipinski definition) is 1. The van der Waals surface area contributed by atoms with Crippen molar-refractivity contribution >= 4 is 0 Å². The molecule has 0 radical (unpaired) electrons. The van der Waals surface area contributed by atoms with Gasteiger partial charge in [0.1, 0.15) is 5.82 Å². The molecule has 1 atom stereocenters. The third kappa shape index (κ3) is 5.06. The average Bonchev–Trinajstić information content (AvgIpc) is 3.35. The fourth-order valence-electron chi connectivity index (χ4n) is 3.42. The monoisotopic (exact) mass is 304 g/mol. The summed E-state index contributed by atoms with van der Waals surface area (Å²) in [6, 6.07) is 7.09. The van der Waals surface area contributed by atoms with Crippen molar-refractivity contribution in [1.29, 1.82) is 0 Å². The summed E-state index contributed by atoms with van der Waals surface area (Å²) >= 11 is 0. The van der Waals surface area contributed by atoms with Crippen LogP contribution in [0.1, 0.15) is 50.0 Å². The van der Waals surface area contributed by atoms with E-state index >= 15 is 0 Å². The Labute approximate surface area is 134 Å². The number of halogens is 1. The van der Waals surface area contributed by atoms with Crippen LogP contribution in [0.3, 0.4) is 0 Å². The molecule has 2 heterocycles. The van der Waals surface area contributed by atoms with Crippen molar-refractivity contribution in [2.45, 2.75) is 44.4 Å². The second-order valence-corrected chi connectivity index (χ2v) is 7.05. The zero-order chi connectivity index (χ0) is 15.2. The largest absolute Gasteiger partial charge is 0.316 e. The van der Waals surface area contributed by atoms with Crippen molar-refractivity contribution in [3.63, 3.8) is 0 Å². The van der Waals surface area contributed by atoms with E-state index in [1.807, 2.05) is 12.1 Å². The number of benzene rings is 1. The van der Waals surface area contributed by atoms with Crippen LogP contribution in [-0.2, 0) is 0 Å². The fourth-order valence-corrected chi connectivity index (χ4v) is 3.42. The van der Waals surface area contributed by atoms with Crippen molar-refractivity contribution in [3.05, 3.63) is 35.6 Å². The predicted octanol–water partition coefficient (Wildman–Crippen LogP) is 3.78. The van der Waals surface area contributed by atoms with Crippen molar-refractivity contribution in [2.75, 3.05) is 32.7 Å². The maximum atomic E-state index is 12.9. The van der Waals surface area contributed by atoms with E-state index in [0.717, 1.165) is 5.92 Å². The Kier molecular flexibility index (Phi) is 5.85. The standard InChI is InChI=1S/C16H23FN2.C3H6/c17-16-3-1-14(2-4-16)15-6-9-19(10-7-15)12-13-5-8-18-11-13;1-2-3-1/h1-4,13,15,18H,5-12H2;1-3H2. The lowest BCUT2D eigenvalue weighted by molar-refractivity contribution is 0.187. The van der Waals surface area contributed by atoms with E-state index < -0.39 is 0 Å². The Morgan fingerprint density at radius 3 is 2.23 bits per heavy atom. The number of nitrogens with one attached hydrogen (secondary N) is 1. The summed E-state index contributed by atoms with van der Waals surface area (Å²) in [5.74, 6) is 1.34. The van der Waals surface area contributed by atoms with Crippen LogP contribution in [0, 0.1) is 11.7 Å². The van der Waals surface area contributed by atoms with Gasteiger partial charge in [-0.1, -0.05) is 31.4 Å². The lowest BCUT2D eigenvalue weighted by atomic mass is 9.89. The lowest BCUT2D eigenvalue weighted by Crippen LogP contribution is -2.37. The molecule has 1 N–H and O–H groups in total. The molecule has 3 aliphatic rings. The van der Waals surface area contributed by atoms with Crippen molar-refractivity contribution in [2.24, 2.45) is 5.92 Å². The molecule has 22 heavy (non-hydrogen) atoms. The topological polar surface area (TPSA) is 15.3 Å². The Balaban J connectivity index is 0.000000429. The number of piperidine rings is 1. The Hall–Kier alpha value is -0.930. The highest BCUT2D eigenvalue weighted by Gasteiger charge is 2.23. The van der Waals surface area contributed by atoms with Gasteiger partial charge >= 0.3 is 0 Å². The van der Waals surface area contributed by atoms with Crippen LogP contribution in [0.15, 0.2) is 24.3 Å². The highest BCUT2D eigenvalue weighted by atomic mass is 19.1. The molecular weight excluding hydrogens is 275 g/mol. The van der Waals surface area contributed by atoms with E-state index in [9.17, 15) is 4.39 Å². The molecule has 4 rings (SSSR count). The van der Waals surface area contributed by atoms with E-state index in [1.54, 1.807) is 12.1 Å². The minimum atomic E-state index is -0.130. The molecule has 2 saturated heterocycles. The van der Waals surface area contributed by atoms with Crippen LogP contribution < -0.4 is 5.32 Å². The van der Waals surface area contributed by atoms with Gasteiger partial charge < -0.3 is 10.2 Å². The van der Waals surface area contributed by atoms with Gasteiger partial charge in [0.15, 0.2) is 0 Å². The highest BCUT2D eigenvalue weighted by Crippen LogP contribution is 2.28. The minimum absolute atomic E-state index is 0.130. The van der Waals surface area contributed by atoms with E-state index in [2.05, 4.69) is 10.2 Å². The van der Waals surface area contributed by atoms with Gasteiger partial charge in [0, 0.05) is 6.54 Å². The lowest BCUT2D eigenvalue weighted by Gasteiger charge is -2.33. The van der Waals surface area contributed by atoms with Crippen molar-refractivity contribution in [3.8, 4) is 0 Å². The molecule has 1 unspecified atom stereocenters. The molecule has 1 aliphatic carbocycles. The number of nitrogens with zero attached hydrogens (tertiary/aromatic N) is 1. The van der Waals surface area contributed by atoms with E-state index in [1.165, 1.54) is 76.8 Å². The summed E-state index contributed by atoms with van der Waals surface area (Å²) in [7, 11) is 0. The molecule has 1 aromatic rings. The van der Waals surface area contributed by atoms with Crippen LogP contribution in [0.4, 0.5) is 4.39 Å². The van der Waals surface area contributed by atoms with Gasteiger partial charge in [-0.15, -0.1) is 0 Å². The van der Waals surface area contributed by atoms with Gasteiger partial charge in [0.2, 0.25) is 0 Å². The maximum absolute atomic E-state index is 12.9. The Morgan fingerprint density at radius 2 is 1.68 bits per heavy atom. The molecule has 2 aliphatic heterocycles. The van der Waals surface area contributed by atoms with Gasteiger partial charge in [0.05, 0.1) is 0 Å². The molecule has 1 aromatic carbocycles. The second kappa shape index (κ2) is 8.07.